The lowest BCUT2D eigenvalue weighted by Gasteiger charge is -2.12. The van der Waals surface area contributed by atoms with E-state index in [4.69, 9.17) is 0 Å². The van der Waals surface area contributed by atoms with E-state index < -0.39 is 0 Å². The zero-order valence-electron chi connectivity index (χ0n) is 15.4. The molecule has 2 amide bonds. The first-order valence-corrected chi connectivity index (χ1v) is 10.5. The Morgan fingerprint density at radius 3 is 1.60 bits per heavy atom. The highest BCUT2D eigenvalue weighted by molar-refractivity contribution is 8.00. The van der Waals surface area contributed by atoms with Gasteiger partial charge in [-0.25, -0.2) is 9.97 Å². The van der Waals surface area contributed by atoms with Gasteiger partial charge >= 0.3 is 0 Å². The van der Waals surface area contributed by atoms with Crippen molar-refractivity contribution in [1.82, 2.24) is 19.9 Å². The van der Waals surface area contributed by atoms with Crippen molar-refractivity contribution in [3.05, 3.63) is 69.5 Å². The van der Waals surface area contributed by atoms with Gasteiger partial charge in [0.1, 0.15) is 0 Å². The number of carbonyl (C=O) groups is 2. The minimum atomic E-state index is -0.325. The molecule has 0 aliphatic carbocycles. The molecular weight excluding hydrogens is 428 g/mol. The van der Waals surface area contributed by atoms with Gasteiger partial charge in [0.15, 0.2) is 10.3 Å². The first-order valence-electron chi connectivity index (χ1n) is 8.54. The Bertz CT molecular complexity index is 1070. The summed E-state index contributed by atoms with van der Waals surface area (Å²) in [5.74, 6) is -0.599. The number of H-pyrrole nitrogens is 2. The number of anilines is 2. The quantitative estimate of drug-likeness (QED) is 0.300. The van der Waals surface area contributed by atoms with Crippen LogP contribution in [0.25, 0.3) is 0 Å². The summed E-state index contributed by atoms with van der Waals surface area (Å²) < 4.78 is 0. The summed E-state index contributed by atoms with van der Waals surface area (Å²) in [5.41, 5.74) is 0.270. The Labute approximate surface area is 178 Å². The predicted molar refractivity (Wildman–Crippen MR) is 115 cm³/mol. The van der Waals surface area contributed by atoms with Crippen LogP contribution in [-0.2, 0) is 9.59 Å². The van der Waals surface area contributed by atoms with Gasteiger partial charge in [-0.3, -0.25) is 19.2 Å². The van der Waals surface area contributed by atoms with Crippen LogP contribution in [-0.4, -0.2) is 43.3 Å². The van der Waals surface area contributed by atoms with E-state index in [9.17, 15) is 19.2 Å². The molecule has 0 aliphatic heterocycles. The molecule has 1 aromatic carbocycles. The van der Waals surface area contributed by atoms with Crippen LogP contribution in [0.2, 0.25) is 0 Å². The molecule has 0 atom stereocenters. The average molecular weight is 444 g/mol. The Hall–Kier alpha value is -3.38. The molecule has 12 heteroatoms. The van der Waals surface area contributed by atoms with Crippen molar-refractivity contribution in [3.63, 3.8) is 0 Å². The number of hydrogen-bond acceptors (Lipinski definition) is 8. The summed E-state index contributed by atoms with van der Waals surface area (Å²) in [4.78, 5) is 60.0. The van der Waals surface area contributed by atoms with E-state index >= 15 is 0 Å². The van der Waals surface area contributed by atoms with Crippen LogP contribution in [0.4, 0.5) is 11.4 Å². The lowest BCUT2D eigenvalue weighted by Crippen LogP contribution is -2.19. The third-order valence-corrected chi connectivity index (χ3v) is 5.23. The van der Waals surface area contributed by atoms with Crippen LogP contribution < -0.4 is 21.8 Å². The highest BCUT2D eigenvalue weighted by atomic mass is 32.2. The van der Waals surface area contributed by atoms with Crippen molar-refractivity contribution in [3.8, 4) is 0 Å². The molecule has 0 saturated carbocycles. The average Bonchev–Trinajstić information content (AvgIpc) is 2.72. The van der Waals surface area contributed by atoms with Crippen molar-refractivity contribution >= 4 is 46.7 Å². The minimum Gasteiger partial charge on any atom is -0.324 e. The SMILES string of the molecule is O=C(CSc1nccc(=O)[nH]1)Nc1ccccc1NC(=O)CSc1nccc(=O)[nH]1. The third-order valence-electron chi connectivity index (χ3n) is 3.45. The second-order valence-electron chi connectivity index (χ2n) is 5.70. The Morgan fingerprint density at radius 2 is 1.20 bits per heavy atom. The zero-order chi connectivity index (χ0) is 21.3. The van der Waals surface area contributed by atoms with Gasteiger partial charge in [-0.2, -0.15) is 0 Å². The summed E-state index contributed by atoms with van der Waals surface area (Å²) >= 11 is 2.17. The smallest absolute Gasteiger partial charge is 0.251 e. The summed E-state index contributed by atoms with van der Waals surface area (Å²) in [6.45, 7) is 0. The number of carbonyl (C=O) groups excluding carboxylic acids is 2. The van der Waals surface area contributed by atoms with E-state index in [1.165, 1.54) is 24.5 Å². The second-order valence-corrected chi connectivity index (χ2v) is 7.63. The number of aromatic nitrogens is 4. The van der Waals surface area contributed by atoms with Crippen LogP contribution in [0.5, 0.6) is 0 Å². The monoisotopic (exact) mass is 444 g/mol. The van der Waals surface area contributed by atoms with Crippen LogP contribution in [0.3, 0.4) is 0 Å². The number of rotatable bonds is 8. The van der Waals surface area contributed by atoms with Crippen molar-refractivity contribution in [2.75, 3.05) is 22.1 Å². The van der Waals surface area contributed by atoms with E-state index in [-0.39, 0.29) is 34.4 Å². The van der Waals surface area contributed by atoms with Crippen molar-refractivity contribution in [1.29, 1.82) is 0 Å². The van der Waals surface area contributed by atoms with Crippen molar-refractivity contribution in [2.24, 2.45) is 0 Å². The molecule has 2 heterocycles. The van der Waals surface area contributed by atoms with Crippen molar-refractivity contribution < 1.29 is 9.59 Å². The van der Waals surface area contributed by atoms with Gasteiger partial charge < -0.3 is 20.6 Å². The number of nitrogens with zero attached hydrogens (tertiary/aromatic N) is 2. The third kappa shape index (κ3) is 6.60. The number of nitrogens with one attached hydrogen (secondary N) is 4. The number of aromatic amines is 2. The van der Waals surface area contributed by atoms with Crippen LogP contribution in [0.15, 0.2) is 68.7 Å². The summed E-state index contributed by atoms with van der Waals surface area (Å²) in [6, 6.07) is 9.33. The van der Waals surface area contributed by atoms with Gasteiger partial charge in [-0.05, 0) is 12.1 Å². The normalized spacial score (nSPS) is 10.4. The molecule has 0 fully saturated rings. The maximum atomic E-state index is 12.2. The van der Waals surface area contributed by atoms with E-state index in [1.807, 2.05) is 0 Å². The molecule has 0 aliphatic rings. The number of thioether (sulfide) groups is 2. The summed E-state index contributed by atoms with van der Waals surface area (Å²) in [5, 5.41) is 6.12. The molecule has 2 aromatic heterocycles. The number of para-hydroxylation sites is 2. The van der Waals surface area contributed by atoms with E-state index in [0.717, 1.165) is 23.5 Å². The number of amides is 2. The lowest BCUT2D eigenvalue weighted by molar-refractivity contribution is -0.114. The molecule has 0 saturated heterocycles. The molecule has 0 spiro atoms. The van der Waals surface area contributed by atoms with Crippen molar-refractivity contribution in [2.45, 2.75) is 10.3 Å². The zero-order valence-corrected chi connectivity index (χ0v) is 17.0. The van der Waals surface area contributed by atoms with Gasteiger partial charge in [-0.15, -0.1) is 0 Å². The van der Waals surface area contributed by atoms with Gasteiger partial charge in [0.05, 0.1) is 22.9 Å². The number of hydrogen-bond donors (Lipinski definition) is 4. The molecule has 0 unspecified atom stereocenters. The fourth-order valence-electron chi connectivity index (χ4n) is 2.19. The fraction of sp³-hybridized carbons (Fsp3) is 0.111. The Balaban J connectivity index is 1.55. The topological polar surface area (TPSA) is 150 Å². The molecule has 30 heavy (non-hydrogen) atoms. The van der Waals surface area contributed by atoms with Gasteiger partial charge in [0, 0.05) is 24.5 Å². The van der Waals surface area contributed by atoms with Gasteiger partial charge in [-0.1, -0.05) is 35.7 Å². The first kappa shape index (κ1) is 21.3. The van der Waals surface area contributed by atoms with E-state index in [0.29, 0.717) is 21.7 Å². The molecule has 0 radical (unpaired) electrons. The van der Waals surface area contributed by atoms with Crippen LogP contribution in [0, 0.1) is 0 Å². The Morgan fingerprint density at radius 1 is 0.767 bits per heavy atom. The molecular formula is C18H16N6O4S2. The highest BCUT2D eigenvalue weighted by Crippen LogP contribution is 2.22. The molecule has 0 bridgehead atoms. The fourth-order valence-corrected chi connectivity index (χ4v) is 3.49. The van der Waals surface area contributed by atoms with Crippen LogP contribution >= 0.6 is 23.5 Å². The molecule has 3 rings (SSSR count). The van der Waals surface area contributed by atoms with Gasteiger partial charge in [0.25, 0.3) is 11.1 Å². The maximum absolute atomic E-state index is 12.2. The molecule has 154 valence electrons. The maximum Gasteiger partial charge on any atom is 0.251 e. The standard InChI is InChI=1S/C18H16N6O4S2/c25-13-5-7-19-17(23-13)29-9-15(27)21-11-3-1-2-4-12(11)22-16(28)10-30-18-20-8-6-14(26)24-18/h1-8H,9-10H2,(H,21,27)(H,22,28)(H,19,23,25)(H,20,24,26). The predicted octanol–water partition coefficient (Wildman–Crippen LogP) is 1.31. The minimum absolute atomic E-state index is 0.0259. The molecule has 4 N–H and O–H groups in total. The molecule has 3 aromatic rings. The van der Waals surface area contributed by atoms with E-state index in [2.05, 4.69) is 30.6 Å². The number of benzene rings is 1. The largest absolute Gasteiger partial charge is 0.324 e. The second kappa shape index (κ2) is 10.4. The lowest BCUT2D eigenvalue weighted by atomic mass is 10.2. The Kier molecular flexibility index (Phi) is 7.40. The first-order chi connectivity index (χ1) is 14.5. The summed E-state index contributed by atoms with van der Waals surface area (Å²) in [6.07, 6.45) is 2.73. The summed E-state index contributed by atoms with van der Waals surface area (Å²) in [7, 11) is 0. The molecule has 10 nitrogen and oxygen atoms in total. The van der Waals surface area contributed by atoms with Gasteiger partial charge in [0.2, 0.25) is 11.8 Å². The van der Waals surface area contributed by atoms with Crippen LogP contribution in [0.1, 0.15) is 0 Å². The van der Waals surface area contributed by atoms with E-state index in [1.54, 1.807) is 24.3 Å². The highest BCUT2D eigenvalue weighted by Gasteiger charge is 2.11.